The predicted molar refractivity (Wildman–Crippen MR) is 100 cm³/mol. The van der Waals surface area contributed by atoms with Crippen molar-refractivity contribution < 1.29 is 4.79 Å². The Labute approximate surface area is 148 Å². The van der Waals surface area contributed by atoms with Crippen LogP contribution in [-0.4, -0.2) is 11.5 Å². The Morgan fingerprint density at radius 1 is 1.00 bits per heavy atom. The first-order valence-corrected chi connectivity index (χ1v) is 9.93. The van der Waals surface area contributed by atoms with E-state index in [0.29, 0.717) is 28.4 Å². The summed E-state index contributed by atoms with van der Waals surface area (Å²) in [5.74, 6) is 4.27. The fourth-order valence-electron chi connectivity index (χ4n) is 7.76. The smallest absolute Gasteiger partial charge is 0.133 e. The highest BCUT2D eigenvalue weighted by molar-refractivity contribution is 5.82. The van der Waals surface area contributed by atoms with Gasteiger partial charge in [0.2, 0.25) is 0 Å². The third kappa shape index (κ3) is 2.35. The summed E-state index contributed by atoms with van der Waals surface area (Å²) in [6.45, 7) is 7.07. The number of rotatable bonds is 1. The molecule has 0 heterocycles. The van der Waals surface area contributed by atoms with Gasteiger partial charge < -0.3 is 5.41 Å². The summed E-state index contributed by atoms with van der Waals surface area (Å²) >= 11 is 0. The van der Waals surface area contributed by atoms with E-state index < -0.39 is 0 Å². The van der Waals surface area contributed by atoms with E-state index in [-0.39, 0.29) is 7.43 Å². The molecule has 0 saturated heterocycles. The molecule has 0 aromatic heterocycles. The van der Waals surface area contributed by atoms with E-state index >= 15 is 0 Å². The largest absolute Gasteiger partial charge is 0.310 e. The van der Waals surface area contributed by atoms with Gasteiger partial charge in [0.15, 0.2) is 0 Å². The summed E-state index contributed by atoms with van der Waals surface area (Å²) in [5, 5.41) is 8.24. The minimum absolute atomic E-state index is 0. The number of carbonyl (C=O) groups excluding carboxylic acids is 1. The van der Waals surface area contributed by atoms with E-state index in [0.717, 1.165) is 42.7 Å². The Bertz CT molecular complexity index is 540. The van der Waals surface area contributed by atoms with Gasteiger partial charge in [-0.3, -0.25) is 4.79 Å². The fraction of sp³-hybridized carbons (Fsp3) is 0.909. The van der Waals surface area contributed by atoms with Gasteiger partial charge in [-0.2, -0.15) is 0 Å². The molecule has 4 aliphatic carbocycles. The molecule has 4 rings (SSSR count). The first-order chi connectivity index (χ1) is 10.9. The maximum atomic E-state index is 11.9. The van der Waals surface area contributed by atoms with Crippen molar-refractivity contribution >= 4 is 11.5 Å². The topological polar surface area (TPSA) is 40.9 Å². The zero-order chi connectivity index (χ0) is 16.4. The summed E-state index contributed by atoms with van der Waals surface area (Å²) in [5.41, 5.74) is 1.74. The molecular weight excluding hydrogens is 294 g/mol. The minimum atomic E-state index is 0. The zero-order valence-corrected chi connectivity index (χ0v) is 15.2. The van der Waals surface area contributed by atoms with Crippen LogP contribution < -0.4 is 0 Å². The standard InChI is InChI=1S/C21H33NO.CH4/c1-13(22)17-6-7-18-16-5-4-14-12-15(23)8-10-20(14,2)19(16)9-11-21(17,18)3;/h14,16-19,22H,4-12H2,1-3H3;1H4. The van der Waals surface area contributed by atoms with Crippen molar-refractivity contribution in [2.75, 3.05) is 0 Å². The molecule has 0 aliphatic heterocycles. The highest BCUT2D eigenvalue weighted by Gasteiger charge is 2.60. The van der Waals surface area contributed by atoms with Gasteiger partial charge in [0.05, 0.1) is 0 Å². The van der Waals surface area contributed by atoms with Gasteiger partial charge in [0, 0.05) is 24.5 Å². The van der Waals surface area contributed by atoms with Gasteiger partial charge in [-0.15, -0.1) is 0 Å². The van der Waals surface area contributed by atoms with Crippen LogP contribution in [0.2, 0.25) is 0 Å². The van der Waals surface area contributed by atoms with Crippen LogP contribution in [0.25, 0.3) is 0 Å². The first-order valence-electron chi connectivity index (χ1n) is 9.93. The molecular formula is C22H37NO. The molecule has 0 aromatic carbocycles. The number of hydrogen-bond acceptors (Lipinski definition) is 2. The maximum absolute atomic E-state index is 11.9. The third-order valence-electron chi connectivity index (χ3n) is 9.00. The van der Waals surface area contributed by atoms with Crippen LogP contribution in [0.4, 0.5) is 0 Å². The van der Waals surface area contributed by atoms with E-state index in [2.05, 4.69) is 13.8 Å². The molecule has 1 N–H and O–H groups in total. The van der Waals surface area contributed by atoms with E-state index in [1.807, 2.05) is 6.92 Å². The van der Waals surface area contributed by atoms with Crippen molar-refractivity contribution in [3.05, 3.63) is 0 Å². The lowest BCUT2D eigenvalue weighted by Crippen LogP contribution is -2.53. The average Bonchev–Trinajstić information content (AvgIpc) is 2.85. The summed E-state index contributed by atoms with van der Waals surface area (Å²) in [6, 6.07) is 0. The van der Waals surface area contributed by atoms with E-state index in [4.69, 9.17) is 5.41 Å². The van der Waals surface area contributed by atoms with Crippen molar-refractivity contribution in [2.24, 2.45) is 40.4 Å². The molecule has 0 aromatic rings. The van der Waals surface area contributed by atoms with Crippen LogP contribution in [0.1, 0.15) is 86.0 Å². The molecule has 2 heteroatoms. The SMILES string of the molecule is C.CC(=N)C1CCC2C3CCC4CC(=O)CCC4(C)C3CCC12C. The highest BCUT2D eigenvalue weighted by atomic mass is 16.1. The maximum Gasteiger partial charge on any atom is 0.133 e. The third-order valence-corrected chi connectivity index (χ3v) is 9.00. The van der Waals surface area contributed by atoms with Gasteiger partial charge >= 0.3 is 0 Å². The molecule has 4 fully saturated rings. The first kappa shape index (κ1) is 18.1. The monoisotopic (exact) mass is 331 g/mol. The lowest BCUT2D eigenvalue weighted by molar-refractivity contribution is -0.138. The van der Waals surface area contributed by atoms with Crippen molar-refractivity contribution in [2.45, 2.75) is 86.0 Å². The molecule has 136 valence electrons. The molecule has 7 atom stereocenters. The molecule has 0 spiro atoms. The molecule has 0 bridgehead atoms. The van der Waals surface area contributed by atoms with Crippen molar-refractivity contribution in [1.82, 2.24) is 0 Å². The van der Waals surface area contributed by atoms with Crippen LogP contribution in [0.5, 0.6) is 0 Å². The Hall–Kier alpha value is -0.660. The second kappa shape index (κ2) is 5.95. The molecule has 7 unspecified atom stereocenters. The number of nitrogens with one attached hydrogen (secondary N) is 1. The second-order valence-electron chi connectivity index (χ2n) is 9.76. The second-order valence-corrected chi connectivity index (χ2v) is 9.76. The zero-order valence-electron chi connectivity index (χ0n) is 15.2. The number of fused-ring (bicyclic) bond motifs is 5. The Morgan fingerprint density at radius 3 is 2.42 bits per heavy atom. The van der Waals surface area contributed by atoms with Crippen LogP contribution in [0.15, 0.2) is 0 Å². The lowest BCUT2D eigenvalue weighted by atomic mass is 9.44. The van der Waals surface area contributed by atoms with E-state index in [1.54, 1.807) is 0 Å². The van der Waals surface area contributed by atoms with Crippen LogP contribution in [0, 0.1) is 45.8 Å². The Kier molecular flexibility index (Phi) is 4.50. The van der Waals surface area contributed by atoms with Gasteiger partial charge in [0.1, 0.15) is 5.78 Å². The van der Waals surface area contributed by atoms with Gasteiger partial charge in [0.25, 0.3) is 0 Å². The molecule has 24 heavy (non-hydrogen) atoms. The average molecular weight is 332 g/mol. The van der Waals surface area contributed by atoms with Gasteiger partial charge in [-0.1, -0.05) is 21.3 Å². The number of hydrogen-bond donors (Lipinski definition) is 1. The van der Waals surface area contributed by atoms with Crippen LogP contribution in [-0.2, 0) is 4.79 Å². The van der Waals surface area contributed by atoms with Crippen molar-refractivity contribution in [3.8, 4) is 0 Å². The summed E-state index contributed by atoms with van der Waals surface area (Å²) < 4.78 is 0. The fourth-order valence-corrected chi connectivity index (χ4v) is 7.76. The quantitative estimate of drug-likeness (QED) is 0.598. The predicted octanol–water partition coefficient (Wildman–Crippen LogP) is 5.89. The van der Waals surface area contributed by atoms with Crippen LogP contribution >= 0.6 is 0 Å². The van der Waals surface area contributed by atoms with Crippen molar-refractivity contribution in [1.29, 1.82) is 5.41 Å². The Balaban J connectivity index is 0.00000169. The molecule has 2 nitrogen and oxygen atoms in total. The van der Waals surface area contributed by atoms with Crippen LogP contribution in [0.3, 0.4) is 0 Å². The molecule has 0 amide bonds. The Morgan fingerprint density at radius 2 is 1.71 bits per heavy atom. The highest BCUT2D eigenvalue weighted by Crippen LogP contribution is 2.67. The number of ketones is 1. The van der Waals surface area contributed by atoms with Crippen molar-refractivity contribution in [3.63, 3.8) is 0 Å². The lowest BCUT2D eigenvalue weighted by Gasteiger charge is -2.60. The van der Waals surface area contributed by atoms with E-state index in [1.165, 1.54) is 38.5 Å². The molecule has 4 saturated carbocycles. The molecule has 0 radical (unpaired) electrons. The van der Waals surface area contributed by atoms with Gasteiger partial charge in [-0.05, 0) is 86.4 Å². The summed E-state index contributed by atoms with van der Waals surface area (Å²) in [4.78, 5) is 11.9. The number of carbonyl (C=O) groups is 1. The summed E-state index contributed by atoms with van der Waals surface area (Å²) in [7, 11) is 0. The summed E-state index contributed by atoms with van der Waals surface area (Å²) in [6.07, 6.45) is 10.7. The minimum Gasteiger partial charge on any atom is -0.310 e. The van der Waals surface area contributed by atoms with Gasteiger partial charge in [-0.25, -0.2) is 0 Å². The normalized spacial score (nSPS) is 50.3. The molecule has 4 aliphatic rings. The number of Topliss-reactive ketones (excluding diaryl/α,β-unsaturated/α-hetero) is 1. The van der Waals surface area contributed by atoms with E-state index in [9.17, 15) is 4.79 Å².